The van der Waals surface area contributed by atoms with E-state index in [4.69, 9.17) is 9.47 Å². The zero-order valence-corrected chi connectivity index (χ0v) is 27.8. The number of rotatable bonds is 3. The first kappa shape index (κ1) is 26.6. The Bertz CT molecular complexity index is 2320. The van der Waals surface area contributed by atoms with Gasteiger partial charge in [0.2, 0.25) is 0 Å². The summed E-state index contributed by atoms with van der Waals surface area (Å²) in [7, 11) is 0. The highest BCUT2D eigenvalue weighted by Gasteiger charge is 2.44. The van der Waals surface area contributed by atoms with Crippen molar-refractivity contribution in [2.45, 2.75) is 64.7 Å². The van der Waals surface area contributed by atoms with Crippen LogP contribution in [0.4, 0.5) is 17.1 Å². The van der Waals surface area contributed by atoms with Gasteiger partial charge in [-0.05, 0) is 131 Å². The summed E-state index contributed by atoms with van der Waals surface area (Å²) in [6.07, 6.45) is 6.93. The molecule has 0 saturated heterocycles. The molecule has 0 spiro atoms. The molecule has 0 saturated carbocycles. The van der Waals surface area contributed by atoms with Gasteiger partial charge in [-0.3, -0.25) is 0 Å². The average Bonchev–Trinajstić information content (AvgIpc) is 3.38. The first-order valence-corrected chi connectivity index (χ1v) is 18.0. The second-order valence-electron chi connectivity index (χ2n) is 15.1. The number of hydrogen-bond acceptors (Lipinski definition) is 4. The summed E-state index contributed by atoms with van der Waals surface area (Å²) in [6.45, 7) is 6.95. The lowest BCUT2D eigenvalue weighted by atomic mass is 9.37. The van der Waals surface area contributed by atoms with E-state index in [2.05, 4.69) is 105 Å². The van der Waals surface area contributed by atoms with Gasteiger partial charge in [-0.15, -0.1) is 11.3 Å². The summed E-state index contributed by atoms with van der Waals surface area (Å²) in [6, 6.07) is 30.3. The van der Waals surface area contributed by atoms with Crippen LogP contribution in [0.1, 0.15) is 59.7 Å². The minimum absolute atomic E-state index is 0.0535. The van der Waals surface area contributed by atoms with Crippen LogP contribution in [0.15, 0.2) is 78.9 Å². The molecule has 3 nitrogen and oxygen atoms in total. The molecule has 0 unspecified atom stereocenters. The largest absolute Gasteiger partial charge is 0.458 e. The molecule has 1 aromatic heterocycles. The first-order chi connectivity index (χ1) is 22.9. The number of benzene rings is 5. The third kappa shape index (κ3) is 3.75. The molecular weight excluding hydrogens is 593 g/mol. The maximum Gasteiger partial charge on any atom is 0.273 e. The molecule has 3 heterocycles. The van der Waals surface area contributed by atoms with Crippen LogP contribution < -0.4 is 30.1 Å². The summed E-state index contributed by atoms with van der Waals surface area (Å²) < 4.78 is 16.6. The van der Waals surface area contributed by atoms with Gasteiger partial charge in [0.1, 0.15) is 23.0 Å². The van der Waals surface area contributed by atoms with Gasteiger partial charge >= 0.3 is 0 Å². The highest BCUT2D eigenvalue weighted by Crippen LogP contribution is 2.47. The Morgan fingerprint density at radius 2 is 1.21 bits per heavy atom. The number of ether oxygens (including phenoxy) is 2. The fourth-order valence-electron chi connectivity index (χ4n) is 8.33. The van der Waals surface area contributed by atoms with Crippen LogP contribution in [0.2, 0.25) is 0 Å². The van der Waals surface area contributed by atoms with E-state index in [0.29, 0.717) is 0 Å². The smallest absolute Gasteiger partial charge is 0.273 e. The monoisotopic (exact) mass is 627 g/mol. The standard InChI is InChI=1S/C42H34BNO2S/c1-42(2,3)29-12-15-38-33(20-29)40-41(47-38)43-34-18-27-8-9-28(27)19-35(34)45-36-21-32(22-37(46-40)39(36)43)44(30-13-10-23-4-6-25(23)16-30)31-14-11-24-5-7-26(24)17-31/h10-22H,4-9H2,1-3H3. The van der Waals surface area contributed by atoms with Gasteiger partial charge < -0.3 is 14.4 Å². The van der Waals surface area contributed by atoms with Crippen molar-refractivity contribution in [3.63, 3.8) is 0 Å². The Morgan fingerprint density at radius 1 is 0.596 bits per heavy atom. The molecule has 0 fully saturated rings. The van der Waals surface area contributed by atoms with Gasteiger partial charge in [-0.1, -0.05) is 45.0 Å². The van der Waals surface area contributed by atoms with E-state index in [1.54, 1.807) is 0 Å². The van der Waals surface area contributed by atoms with E-state index >= 15 is 0 Å². The van der Waals surface area contributed by atoms with E-state index in [0.717, 1.165) is 59.8 Å². The number of aryl methyl sites for hydroxylation is 6. The van der Waals surface area contributed by atoms with Crippen LogP contribution in [-0.2, 0) is 43.9 Å². The Labute approximate surface area is 279 Å². The van der Waals surface area contributed by atoms with E-state index in [1.807, 2.05) is 11.3 Å². The average molecular weight is 628 g/mol. The Kier molecular flexibility index (Phi) is 5.15. The van der Waals surface area contributed by atoms with Crippen molar-refractivity contribution in [3.8, 4) is 23.0 Å². The lowest BCUT2D eigenvalue weighted by Crippen LogP contribution is -2.56. The summed E-state index contributed by atoms with van der Waals surface area (Å²) in [5.74, 6) is 3.83. The molecule has 0 N–H and O–H groups in total. The highest BCUT2D eigenvalue weighted by atomic mass is 32.1. The van der Waals surface area contributed by atoms with Gasteiger partial charge in [0, 0.05) is 43.8 Å². The van der Waals surface area contributed by atoms with Crippen LogP contribution in [0, 0.1) is 0 Å². The number of fused-ring (bicyclic) bond motifs is 9. The molecule has 47 heavy (non-hydrogen) atoms. The zero-order chi connectivity index (χ0) is 31.2. The van der Waals surface area contributed by atoms with Gasteiger partial charge in [0.15, 0.2) is 0 Å². The Morgan fingerprint density at radius 3 is 1.83 bits per heavy atom. The zero-order valence-electron chi connectivity index (χ0n) is 27.0. The Balaban J connectivity index is 1.15. The Hall–Kier alpha value is -4.48. The van der Waals surface area contributed by atoms with E-state index in [-0.39, 0.29) is 12.1 Å². The van der Waals surface area contributed by atoms with Crippen LogP contribution in [0.3, 0.4) is 0 Å². The number of nitrogens with zero attached hydrogens (tertiary/aromatic N) is 1. The molecule has 0 radical (unpaired) electrons. The van der Waals surface area contributed by atoms with Crippen molar-refractivity contribution in [1.82, 2.24) is 0 Å². The maximum atomic E-state index is 7.10. The lowest BCUT2D eigenvalue weighted by molar-refractivity contribution is 0.467. The fraction of sp³-hybridized carbons (Fsp3) is 0.238. The van der Waals surface area contributed by atoms with Crippen LogP contribution in [0.25, 0.3) is 10.1 Å². The normalized spacial score (nSPS) is 15.8. The van der Waals surface area contributed by atoms with Crippen molar-refractivity contribution in [2.24, 2.45) is 0 Å². The van der Waals surface area contributed by atoms with Crippen molar-refractivity contribution in [2.75, 3.05) is 4.90 Å². The van der Waals surface area contributed by atoms with E-state index < -0.39 is 0 Å². The maximum absolute atomic E-state index is 7.10. The molecule has 0 bridgehead atoms. The summed E-state index contributed by atoms with van der Waals surface area (Å²) in [5, 5.41) is 1.22. The first-order valence-electron chi connectivity index (χ1n) is 17.2. The molecule has 5 heteroatoms. The quantitative estimate of drug-likeness (QED) is 0.183. The molecular formula is C42H34BNO2S. The van der Waals surface area contributed by atoms with E-state index in [1.165, 1.54) is 83.5 Å². The molecule has 0 atom stereocenters. The van der Waals surface area contributed by atoms with Crippen molar-refractivity contribution >= 4 is 60.9 Å². The van der Waals surface area contributed by atoms with Crippen LogP contribution in [0.5, 0.6) is 23.0 Å². The minimum Gasteiger partial charge on any atom is -0.458 e. The van der Waals surface area contributed by atoms with Gasteiger partial charge in [-0.25, -0.2) is 0 Å². The second kappa shape index (κ2) is 9.11. The third-order valence-corrected chi connectivity index (χ3v) is 12.6. The highest BCUT2D eigenvalue weighted by molar-refractivity contribution is 7.33. The molecule has 11 rings (SSSR count). The van der Waals surface area contributed by atoms with Gasteiger partial charge in [0.05, 0.1) is 5.69 Å². The molecule has 228 valence electrons. The molecule has 2 aliphatic heterocycles. The van der Waals surface area contributed by atoms with Crippen molar-refractivity contribution < 1.29 is 9.47 Å². The summed E-state index contributed by atoms with van der Waals surface area (Å²) in [5.41, 5.74) is 16.0. The number of thiophene rings is 1. The molecule has 6 aromatic rings. The fourth-order valence-corrected chi connectivity index (χ4v) is 9.57. The van der Waals surface area contributed by atoms with Crippen LogP contribution in [-0.4, -0.2) is 6.71 Å². The predicted octanol–water partition coefficient (Wildman–Crippen LogP) is 8.69. The van der Waals surface area contributed by atoms with E-state index in [9.17, 15) is 0 Å². The third-order valence-electron chi connectivity index (χ3n) is 11.4. The number of anilines is 3. The molecule has 5 aliphatic rings. The topological polar surface area (TPSA) is 21.7 Å². The number of hydrogen-bond donors (Lipinski definition) is 0. The molecule has 3 aliphatic carbocycles. The van der Waals surface area contributed by atoms with Crippen LogP contribution >= 0.6 is 11.3 Å². The van der Waals surface area contributed by atoms with Gasteiger partial charge in [0.25, 0.3) is 6.71 Å². The molecule has 5 aromatic carbocycles. The van der Waals surface area contributed by atoms with Crippen molar-refractivity contribution in [1.29, 1.82) is 0 Å². The molecule has 0 amide bonds. The SMILES string of the molecule is CC(C)(C)c1ccc2sc3c(c2c1)Oc1cc(N(c2ccc4c(c2)CC4)c2ccc4c(c2)CC4)cc2c1B3c1cc3c(cc1O2)CC3. The summed E-state index contributed by atoms with van der Waals surface area (Å²) in [4.78, 5) is 2.42. The minimum atomic E-state index is 0.0535. The summed E-state index contributed by atoms with van der Waals surface area (Å²) >= 11 is 1.88. The van der Waals surface area contributed by atoms with Crippen molar-refractivity contribution in [3.05, 3.63) is 118 Å². The van der Waals surface area contributed by atoms with Gasteiger partial charge in [-0.2, -0.15) is 0 Å². The second-order valence-corrected chi connectivity index (χ2v) is 16.2. The lowest BCUT2D eigenvalue weighted by Gasteiger charge is -2.35. The predicted molar refractivity (Wildman–Crippen MR) is 195 cm³/mol.